The summed E-state index contributed by atoms with van der Waals surface area (Å²) < 4.78 is 6.18. The first-order chi connectivity index (χ1) is 7.90. The summed E-state index contributed by atoms with van der Waals surface area (Å²) in [6.45, 7) is 5.47. The third kappa shape index (κ3) is 5.86. The maximum atomic E-state index is 11.5. The number of ether oxygens (including phenoxy) is 1. The number of hydrogen-bond acceptors (Lipinski definition) is 3. The molecule has 94 valence electrons. The van der Waals surface area contributed by atoms with Crippen LogP contribution in [0.2, 0.25) is 0 Å². The monoisotopic (exact) mass is 348 g/mol. The van der Waals surface area contributed by atoms with Gasteiger partial charge in [-0.3, -0.25) is 5.32 Å². The van der Waals surface area contributed by atoms with Crippen LogP contribution in [-0.2, 0) is 11.2 Å². The average Bonchev–Trinajstić information content (AvgIpc) is 2.18. The molecule has 1 amide bonds. The number of aromatic nitrogens is 1. The molecule has 5 heteroatoms. The van der Waals surface area contributed by atoms with Gasteiger partial charge in [0.25, 0.3) is 0 Å². The van der Waals surface area contributed by atoms with E-state index in [4.69, 9.17) is 4.74 Å². The number of amides is 1. The van der Waals surface area contributed by atoms with Crippen molar-refractivity contribution in [2.75, 3.05) is 9.74 Å². The molecule has 0 aliphatic rings. The number of nitrogens with one attached hydrogen (secondary N) is 1. The first-order valence-electron chi connectivity index (χ1n) is 5.41. The second kappa shape index (κ2) is 6.18. The minimum atomic E-state index is -0.495. The van der Waals surface area contributed by atoms with Crippen molar-refractivity contribution in [3.63, 3.8) is 0 Å². The Morgan fingerprint density at radius 3 is 2.65 bits per heavy atom. The predicted molar refractivity (Wildman–Crippen MR) is 76.7 cm³/mol. The summed E-state index contributed by atoms with van der Waals surface area (Å²) in [5.41, 5.74) is 0.666. The lowest BCUT2D eigenvalue weighted by molar-refractivity contribution is 0.0635. The molecule has 0 bridgehead atoms. The Kier molecular flexibility index (Phi) is 5.17. The van der Waals surface area contributed by atoms with Crippen molar-refractivity contribution in [3.8, 4) is 0 Å². The Morgan fingerprint density at radius 1 is 1.47 bits per heavy atom. The summed E-state index contributed by atoms with van der Waals surface area (Å²) in [6, 6.07) is 3.74. The topological polar surface area (TPSA) is 51.2 Å². The van der Waals surface area contributed by atoms with Crippen LogP contribution in [0.25, 0.3) is 0 Å². The molecule has 0 saturated carbocycles. The minimum Gasteiger partial charge on any atom is -0.444 e. The van der Waals surface area contributed by atoms with Crippen molar-refractivity contribution >= 4 is 34.5 Å². The van der Waals surface area contributed by atoms with Gasteiger partial charge in [-0.15, -0.1) is 0 Å². The second-order valence-corrected chi connectivity index (χ2v) is 5.70. The van der Waals surface area contributed by atoms with E-state index in [2.05, 4.69) is 32.9 Å². The quantitative estimate of drug-likeness (QED) is 0.673. The normalized spacial score (nSPS) is 11.1. The van der Waals surface area contributed by atoms with Crippen molar-refractivity contribution in [2.24, 2.45) is 0 Å². The SMILES string of the molecule is CC(C)(C)OC(=O)Nc1ccc(CCI)cn1. The molecule has 1 N–H and O–H groups in total. The number of alkyl halides is 1. The first kappa shape index (κ1) is 14.2. The summed E-state index contributed by atoms with van der Waals surface area (Å²) >= 11 is 2.32. The summed E-state index contributed by atoms with van der Waals surface area (Å²) in [7, 11) is 0. The Bertz CT molecular complexity index is 371. The molecule has 0 radical (unpaired) electrons. The average molecular weight is 348 g/mol. The maximum Gasteiger partial charge on any atom is 0.413 e. The molecule has 0 aromatic carbocycles. The maximum absolute atomic E-state index is 11.5. The van der Waals surface area contributed by atoms with Crippen LogP contribution in [0, 0.1) is 0 Å². The number of hydrogen-bond donors (Lipinski definition) is 1. The fraction of sp³-hybridized carbons (Fsp3) is 0.500. The second-order valence-electron chi connectivity index (χ2n) is 4.62. The van der Waals surface area contributed by atoms with E-state index < -0.39 is 11.7 Å². The molecular formula is C12H17IN2O2. The van der Waals surface area contributed by atoms with E-state index in [0.29, 0.717) is 5.82 Å². The zero-order valence-corrected chi connectivity index (χ0v) is 12.4. The van der Waals surface area contributed by atoms with Gasteiger partial charge in [0.1, 0.15) is 11.4 Å². The van der Waals surface area contributed by atoms with Gasteiger partial charge in [0.15, 0.2) is 0 Å². The van der Waals surface area contributed by atoms with Crippen LogP contribution in [0.15, 0.2) is 18.3 Å². The van der Waals surface area contributed by atoms with E-state index in [1.54, 1.807) is 12.3 Å². The highest BCUT2D eigenvalue weighted by atomic mass is 127. The number of carbonyl (C=O) groups excluding carboxylic acids is 1. The van der Waals surface area contributed by atoms with Crippen molar-refractivity contribution < 1.29 is 9.53 Å². The number of anilines is 1. The van der Waals surface area contributed by atoms with Gasteiger partial charge in [0, 0.05) is 10.6 Å². The number of rotatable bonds is 3. The lowest BCUT2D eigenvalue weighted by atomic mass is 10.2. The van der Waals surface area contributed by atoms with E-state index >= 15 is 0 Å². The van der Waals surface area contributed by atoms with Crippen LogP contribution < -0.4 is 5.32 Å². The van der Waals surface area contributed by atoms with Crippen LogP contribution in [0.4, 0.5) is 10.6 Å². The number of aryl methyl sites for hydroxylation is 1. The third-order valence-corrected chi connectivity index (χ3v) is 2.38. The van der Waals surface area contributed by atoms with Crippen LogP contribution in [0.1, 0.15) is 26.3 Å². The van der Waals surface area contributed by atoms with E-state index in [1.807, 2.05) is 26.8 Å². The standard InChI is InChI=1S/C12H17IN2O2/c1-12(2,3)17-11(16)15-10-5-4-9(6-7-13)8-14-10/h4-5,8H,6-7H2,1-3H3,(H,14,15,16). The molecule has 0 fully saturated rings. The Morgan fingerprint density at radius 2 is 2.18 bits per heavy atom. The largest absolute Gasteiger partial charge is 0.444 e. The molecule has 0 aliphatic carbocycles. The predicted octanol–water partition coefficient (Wildman–Crippen LogP) is 3.41. The molecule has 0 unspecified atom stereocenters. The van der Waals surface area contributed by atoms with Crippen molar-refractivity contribution in [1.82, 2.24) is 4.98 Å². The van der Waals surface area contributed by atoms with Gasteiger partial charge in [-0.05, 0) is 38.8 Å². The van der Waals surface area contributed by atoms with Gasteiger partial charge in [0.05, 0.1) is 0 Å². The molecule has 1 heterocycles. The molecule has 4 nitrogen and oxygen atoms in total. The smallest absolute Gasteiger partial charge is 0.413 e. The van der Waals surface area contributed by atoms with Crippen molar-refractivity contribution in [2.45, 2.75) is 32.8 Å². The van der Waals surface area contributed by atoms with E-state index in [0.717, 1.165) is 16.4 Å². The first-order valence-corrected chi connectivity index (χ1v) is 6.94. The van der Waals surface area contributed by atoms with Crippen molar-refractivity contribution in [3.05, 3.63) is 23.9 Å². The Hall–Kier alpha value is -0.850. The van der Waals surface area contributed by atoms with Gasteiger partial charge >= 0.3 is 6.09 Å². The van der Waals surface area contributed by atoms with Crippen LogP contribution >= 0.6 is 22.6 Å². The molecule has 17 heavy (non-hydrogen) atoms. The van der Waals surface area contributed by atoms with Gasteiger partial charge in [-0.1, -0.05) is 28.7 Å². The van der Waals surface area contributed by atoms with E-state index in [1.165, 1.54) is 0 Å². The number of carbonyl (C=O) groups is 1. The Labute approximate surface area is 115 Å². The lowest BCUT2D eigenvalue weighted by Gasteiger charge is -2.19. The van der Waals surface area contributed by atoms with Crippen molar-refractivity contribution in [1.29, 1.82) is 0 Å². The van der Waals surface area contributed by atoms with Crippen LogP contribution in [-0.4, -0.2) is 21.1 Å². The zero-order chi connectivity index (χ0) is 12.9. The van der Waals surface area contributed by atoms with E-state index in [9.17, 15) is 4.79 Å². The molecule has 1 aromatic heterocycles. The molecule has 0 spiro atoms. The molecule has 1 aromatic rings. The highest BCUT2D eigenvalue weighted by Crippen LogP contribution is 2.11. The highest BCUT2D eigenvalue weighted by molar-refractivity contribution is 14.1. The Balaban J connectivity index is 2.54. The van der Waals surface area contributed by atoms with E-state index in [-0.39, 0.29) is 0 Å². The fourth-order valence-electron chi connectivity index (χ4n) is 1.16. The number of halogens is 1. The number of pyridine rings is 1. The molecule has 1 rings (SSSR count). The summed E-state index contributed by atoms with van der Waals surface area (Å²) in [5, 5.41) is 2.59. The highest BCUT2D eigenvalue weighted by Gasteiger charge is 2.16. The molecular weight excluding hydrogens is 331 g/mol. The molecule has 0 saturated heterocycles. The van der Waals surface area contributed by atoms with Gasteiger partial charge in [0.2, 0.25) is 0 Å². The third-order valence-electron chi connectivity index (χ3n) is 1.84. The lowest BCUT2D eigenvalue weighted by Crippen LogP contribution is -2.27. The van der Waals surface area contributed by atoms with Gasteiger partial charge in [-0.25, -0.2) is 9.78 Å². The van der Waals surface area contributed by atoms with Crippen LogP contribution in [0.3, 0.4) is 0 Å². The van der Waals surface area contributed by atoms with Gasteiger partial charge < -0.3 is 4.74 Å². The van der Waals surface area contributed by atoms with Gasteiger partial charge in [-0.2, -0.15) is 0 Å². The minimum absolute atomic E-state index is 0.480. The zero-order valence-electron chi connectivity index (χ0n) is 10.3. The summed E-state index contributed by atoms with van der Waals surface area (Å²) in [6.07, 6.45) is 2.28. The molecule has 0 aliphatic heterocycles. The molecule has 0 atom stereocenters. The fourth-order valence-corrected chi connectivity index (χ4v) is 1.79. The summed E-state index contributed by atoms with van der Waals surface area (Å²) in [4.78, 5) is 15.6. The summed E-state index contributed by atoms with van der Waals surface area (Å²) in [5.74, 6) is 0.511. The number of nitrogens with zero attached hydrogens (tertiary/aromatic N) is 1. The van der Waals surface area contributed by atoms with Crippen LogP contribution in [0.5, 0.6) is 0 Å².